The molecule has 0 radical (unpaired) electrons. The van der Waals surface area contributed by atoms with E-state index in [2.05, 4.69) is 66.0 Å². The maximum absolute atomic E-state index is 6.12. The van der Waals surface area contributed by atoms with E-state index in [1.807, 2.05) is 18.2 Å². The van der Waals surface area contributed by atoms with Crippen molar-refractivity contribution in [3.05, 3.63) is 68.8 Å². The third kappa shape index (κ3) is 3.28. The van der Waals surface area contributed by atoms with Crippen LogP contribution in [0.2, 0.25) is 5.02 Å². The summed E-state index contributed by atoms with van der Waals surface area (Å²) < 4.78 is 1.07. The maximum atomic E-state index is 6.12. The lowest BCUT2D eigenvalue weighted by Crippen LogP contribution is -2.03. The van der Waals surface area contributed by atoms with Crippen LogP contribution in [0.3, 0.4) is 0 Å². The molecule has 0 bridgehead atoms. The first-order valence-electron chi connectivity index (χ1n) is 8.89. The van der Waals surface area contributed by atoms with Crippen molar-refractivity contribution in [2.24, 2.45) is 0 Å². The van der Waals surface area contributed by atoms with Gasteiger partial charge in [-0.2, -0.15) is 0 Å². The van der Waals surface area contributed by atoms with E-state index in [1.165, 1.54) is 16.7 Å². The highest BCUT2D eigenvalue weighted by Crippen LogP contribution is 2.35. The molecular weight excluding hydrogens is 422 g/mol. The number of nitrogens with zero attached hydrogens (tertiary/aromatic N) is 2. The van der Waals surface area contributed by atoms with Crippen LogP contribution in [0.4, 0.5) is 0 Å². The number of H-pyrrole nitrogens is 1. The van der Waals surface area contributed by atoms with Gasteiger partial charge in [-0.25, -0.2) is 9.97 Å². The second-order valence-electron chi connectivity index (χ2n) is 6.63. The molecular formula is C22H19BrClN3. The average Bonchev–Trinajstić information content (AvgIpc) is 3.06. The summed E-state index contributed by atoms with van der Waals surface area (Å²) in [5.74, 6) is 0.772. The highest BCUT2D eigenvalue weighted by Gasteiger charge is 2.18. The molecule has 0 spiro atoms. The largest absolute Gasteiger partial charge is 0.337 e. The number of hydrogen-bond donors (Lipinski definition) is 1. The van der Waals surface area contributed by atoms with Gasteiger partial charge in [0.15, 0.2) is 5.82 Å². The van der Waals surface area contributed by atoms with Crippen molar-refractivity contribution in [3.63, 3.8) is 0 Å². The lowest BCUT2D eigenvalue weighted by Gasteiger charge is -2.17. The lowest BCUT2D eigenvalue weighted by molar-refractivity contribution is 1.03. The van der Waals surface area contributed by atoms with Crippen LogP contribution in [0, 0.1) is 13.8 Å². The van der Waals surface area contributed by atoms with E-state index in [-0.39, 0.29) is 0 Å². The van der Waals surface area contributed by atoms with E-state index in [0.717, 1.165) is 44.7 Å². The zero-order valence-corrected chi connectivity index (χ0v) is 17.7. The van der Waals surface area contributed by atoms with Crippen molar-refractivity contribution < 1.29 is 0 Å². The molecule has 5 heteroatoms. The Morgan fingerprint density at radius 2 is 1.78 bits per heavy atom. The van der Waals surface area contributed by atoms with E-state index in [9.17, 15) is 0 Å². The monoisotopic (exact) mass is 439 g/mol. The number of aryl methyl sites for hydroxylation is 1. The molecule has 0 saturated heterocycles. The predicted octanol–water partition coefficient (Wildman–Crippen LogP) is 6.89. The summed E-state index contributed by atoms with van der Waals surface area (Å²) in [5, 5.41) is 0.690. The molecule has 4 aromatic rings. The smallest absolute Gasteiger partial charge is 0.157 e. The van der Waals surface area contributed by atoms with E-state index in [4.69, 9.17) is 21.6 Å². The quantitative estimate of drug-likeness (QED) is 0.377. The third-order valence-electron chi connectivity index (χ3n) is 4.90. The molecule has 2 aromatic heterocycles. The summed E-state index contributed by atoms with van der Waals surface area (Å²) >= 11 is 9.65. The number of halogens is 2. The van der Waals surface area contributed by atoms with Crippen LogP contribution < -0.4 is 0 Å². The molecule has 136 valence electrons. The number of imidazole rings is 1. The molecule has 0 aliphatic rings. The van der Waals surface area contributed by atoms with Gasteiger partial charge in [-0.1, -0.05) is 46.6 Å². The van der Waals surface area contributed by atoms with E-state index in [0.29, 0.717) is 5.02 Å². The van der Waals surface area contributed by atoms with Gasteiger partial charge in [-0.3, -0.25) is 0 Å². The van der Waals surface area contributed by atoms with Gasteiger partial charge in [0, 0.05) is 15.2 Å². The van der Waals surface area contributed by atoms with Crippen molar-refractivity contribution in [1.29, 1.82) is 0 Å². The molecule has 0 saturated carbocycles. The summed E-state index contributed by atoms with van der Waals surface area (Å²) in [6, 6.07) is 14.1. The minimum atomic E-state index is 0.690. The number of hydrogen-bond acceptors (Lipinski definition) is 2. The minimum Gasteiger partial charge on any atom is -0.337 e. The molecule has 1 N–H and O–H groups in total. The van der Waals surface area contributed by atoms with Gasteiger partial charge in [0.2, 0.25) is 0 Å². The SMILES string of the molecule is CCc1c(C)nc(-c2nc3ccc(Cl)cc3[nH]2)c(C)c1-c1ccc(Br)cc1. The second-order valence-corrected chi connectivity index (χ2v) is 7.98. The van der Waals surface area contributed by atoms with Gasteiger partial charge in [-0.15, -0.1) is 0 Å². The van der Waals surface area contributed by atoms with Crippen LogP contribution in [-0.2, 0) is 6.42 Å². The molecule has 0 unspecified atom stereocenters. The standard InChI is InChI=1S/C22H19BrClN3/c1-4-17-13(3)25-21(12(2)20(17)14-5-7-15(23)8-6-14)22-26-18-10-9-16(24)11-19(18)27-22/h5-11H,4H2,1-3H3,(H,26,27). The Labute approximate surface area is 172 Å². The Balaban J connectivity index is 1.97. The topological polar surface area (TPSA) is 41.6 Å². The summed E-state index contributed by atoms with van der Waals surface area (Å²) in [6.07, 6.45) is 0.932. The van der Waals surface area contributed by atoms with Gasteiger partial charge < -0.3 is 4.98 Å². The molecule has 4 rings (SSSR count). The van der Waals surface area contributed by atoms with Gasteiger partial charge in [0.1, 0.15) is 5.69 Å². The fraction of sp³-hybridized carbons (Fsp3) is 0.182. The molecule has 0 atom stereocenters. The van der Waals surface area contributed by atoms with Crippen LogP contribution in [0.25, 0.3) is 33.7 Å². The van der Waals surface area contributed by atoms with Crippen LogP contribution >= 0.6 is 27.5 Å². The van der Waals surface area contributed by atoms with Gasteiger partial charge in [0.25, 0.3) is 0 Å². The summed E-state index contributed by atoms with van der Waals surface area (Å²) in [6.45, 7) is 6.37. The van der Waals surface area contributed by atoms with Crippen molar-refractivity contribution in [1.82, 2.24) is 15.0 Å². The Morgan fingerprint density at radius 3 is 2.48 bits per heavy atom. The molecule has 3 nitrogen and oxygen atoms in total. The van der Waals surface area contributed by atoms with Gasteiger partial charge >= 0.3 is 0 Å². The zero-order chi connectivity index (χ0) is 19.1. The first-order valence-corrected chi connectivity index (χ1v) is 10.1. The average molecular weight is 441 g/mol. The summed E-state index contributed by atoms with van der Waals surface area (Å²) in [4.78, 5) is 13.0. The van der Waals surface area contributed by atoms with Gasteiger partial charge in [0.05, 0.1) is 11.0 Å². The van der Waals surface area contributed by atoms with Crippen LogP contribution in [0.1, 0.15) is 23.7 Å². The summed E-state index contributed by atoms with van der Waals surface area (Å²) in [7, 11) is 0. The van der Waals surface area contributed by atoms with E-state index < -0.39 is 0 Å². The van der Waals surface area contributed by atoms with Gasteiger partial charge in [-0.05, 0) is 72.9 Å². The third-order valence-corrected chi connectivity index (χ3v) is 5.67. The van der Waals surface area contributed by atoms with Crippen molar-refractivity contribution >= 4 is 38.6 Å². The summed E-state index contributed by atoms with van der Waals surface area (Å²) in [5.41, 5.74) is 8.57. The highest BCUT2D eigenvalue weighted by atomic mass is 79.9. The number of nitrogens with one attached hydrogen (secondary N) is 1. The highest BCUT2D eigenvalue weighted by molar-refractivity contribution is 9.10. The van der Waals surface area contributed by atoms with E-state index >= 15 is 0 Å². The van der Waals surface area contributed by atoms with Crippen molar-refractivity contribution in [2.75, 3.05) is 0 Å². The molecule has 0 aliphatic heterocycles. The van der Waals surface area contributed by atoms with Crippen LogP contribution in [0.5, 0.6) is 0 Å². The molecule has 0 aliphatic carbocycles. The molecule has 2 aromatic carbocycles. The normalized spacial score (nSPS) is 11.3. The zero-order valence-electron chi connectivity index (χ0n) is 15.4. The number of benzene rings is 2. The fourth-order valence-corrected chi connectivity index (χ4v) is 4.05. The fourth-order valence-electron chi connectivity index (χ4n) is 3.61. The first-order chi connectivity index (χ1) is 13.0. The Hall–Kier alpha value is -2.17. The second kappa shape index (κ2) is 7.10. The van der Waals surface area contributed by atoms with E-state index in [1.54, 1.807) is 0 Å². The van der Waals surface area contributed by atoms with Crippen molar-refractivity contribution in [3.8, 4) is 22.6 Å². The molecule has 2 heterocycles. The Morgan fingerprint density at radius 1 is 1.04 bits per heavy atom. The Bertz CT molecular complexity index is 1150. The molecule has 27 heavy (non-hydrogen) atoms. The Kier molecular flexibility index (Phi) is 4.79. The number of pyridine rings is 1. The lowest BCUT2D eigenvalue weighted by atomic mass is 9.92. The number of fused-ring (bicyclic) bond motifs is 1. The maximum Gasteiger partial charge on any atom is 0.157 e. The number of aromatic nitrogens is 3. The van der Waals surface area contributed by atoms with Crippen LogP contribution in [0.15, 0.2) is 46.9 Å². The number of aromatic amines is 1. The molecule has 0 amide bonds. The number of rotatable bonds is 3. The first kappa shape index (κ1) is 18.2. The predicted molar refractivity (Wildman–Crippen MR) is 116 cm³/mol. The molecule has 0 fully saturated rings. The van der Waals surface area contributed by atoms with Crippen LogP contribution in [-0.4, -0.2) is 15.0 Å². The minimum absolute atomic E-state index is 0.690. The van der Waals surface area contributed by atoms with Crippen molar-refractivity contribution in [2.45, 2.75) is 27.2 Å².